The van der Waals surface area contributed by atoms with Crippen molar-refractivity contribution in [2.24, 2.45) is 0 Å². The summed E-state index contributed by atoms with van der Waals surface area (Å²) in [4.78, 5) is 15.7. The molecule has 0 aliphatic heterocycles. The number of hydrogen-bond donors (Lipinski definition) is 2. The first-order chi connectivity index (χ1) is 12.0. The van der Waals surface area contributed by atoms with Gasteiger partial charge in [-0.3, -0.25) is 9.36 Å². The molecule has 0 saturated carbocycles. The lowest BCUT2D eigenvalue weighted by atomic mass is 10.1. The number of rotatable bonds is 4. The van der Waals surface area contributed by atoms with E-state index in [0.29, 0.717) is 20.5 Å². The monoisotopic (exact) mass is 391 g/mol. The molecule has 0 aliphatic rings. The van der Waals surface area contributed by atoms with Crippen molar-refractivity contribution in [3.8, 4) is 5.69 Å². The summed E-state index contributed by atoms with van der Waals surface area (Å²) in [6.07, 6.45) is 1.60. The number of para-hydroxylation sites is 1. The Balaban J connectivity index is 1.89. The number of carbonyl (C=O) groups excluding carboxylic acids is 1. The van der Waals surface area contributed by atoms with Crippen molar-refractivity contribution in [3.63, 3.8) is 0 Å². The van der Waals surface area contributed by atoms with Gasteiger partial charge in [0.05, 0.1) is 6.04 Å². The number of H-pyrrole nitrogens is 1. The lowest BCUT2D eigenvalue weighted by Gasteiger charge is -2.16. The summed E-state index contributed by atoms with van der Waals surface area (Å²) in [6, 6.07) is 14.4. The number of benzene rings is 2. The summed E-state index contributed by atoms with van der Waals surface area (Å²) in [5, 5.41) is 4.00. The highest BCUT2D eigenvalue weighted by Crippen LogP contribution is 2.26. The molecule has 1 unspecified atom stereocenters. The van der Waals surface area contributed by atoms with E-state index in [9.17, 15) is 4.79 Å². The van der Waals surface area contributed by atoms with E-state index in [4.69, 9.17) is 35.4 Å². The van der Waals surface area contributed by atoms with Crippen molar-refractivity contribution in [1.82, 2.24) is 14.9 Å². The number of nitrogens with zero attached hydrogens (tertiary/aromatic N) is 1. The molecular weight excluding hydrogens is 377 g/mol. The van der Waals surface area contributed by atoms with Gasteiger partial charge in [0, 0.05) is 21.9 Å². The van der Waals surface area contributed by atoms with E-state index in [-0.39, 0.29) is 11.9 Å². The molecule has 0 spiro atoms. The Morgan fingerprint density at radius 3 is 2.60 bits per heavy atom. The van der Waals surface area contributed by atoms with Crippen LogP contribution in [0, 0.1) is 4.77 Å². The van der Waals surface area contributed by atoms with E-state index >= 15 is 0 Å². The van der Waals surface area contributed by atoms with Gasteiger partial charge in [0.1, 0.15) is 5.69 Å². The third-order valence-electron chi connectivity index (χ3n) is 3.80. The van der Waals surface area contributed by atoms with Crippen LogP contribution in [0.2, 0.25) is 10.0 Å². The first kappa shape index (κ1) is 17.7. The van der Waals surface area contributed by atoms with Crippen LogP contribution in [0.15, 0.2) is 54.7 Å². The van der Waals surface area contributed by atoms with Crippen molar-refractivity contribution >= 4 is 41.3 Å². The standard InChI is InChI=1S/C18H15Cl2N3OS/c1-11(14-8-7-12(19)9-15(14)20)22-17(24)16-10-21-18(25)23(16)13-5-3-2-4-6-13/h2-11H,1H3,(H,21,25)(H,22,24). The van der Waals surface area contributed by atoms with Crippen molar-refractivity contribution in [2.75, 3.05) is 0 Å². The highest BCUT2D eigenvalue weighted by molar-refractivity contribution is 7.71. The fourth-order valence-electron chi connectivity index (χ4n) is 2.57. The van der Waals surface area contributed by atoms with Crippen molar-refractivity contribution in [3.05, 3.63) is 80.8 Å². The highest BCUT2D eigenvalue weighted by Gasteiger charge is 2.18. The van der Waals surface area contributed by atoms with Crippen molar-refractivity contribution in [2.45, 2.75) is 13.0 Å². The van der Waals surface area contributed by atoms with Crippen LogP contribution in [-0.2, 0) is 0 Å². The third-order valence-corrected chi connectivity index (χ3v) is 4.66. The van der Waals surface area contributed by atoms with Crippen molar-refractivity contribution in [1.29, 1.82) is 0 Å². The number of imidazole rings is 1. The maximum Gasteiger partial charge on any atom is 0.270 e. The Morgan fingerprint density at radius 2 is 1.92 bits per heavy atom. The number of aromatic amines is 1. The van der Waals surface area contributed by atoms with E-state index in [2.05, 4.69) is 10.3 Å². The maximum absolute atomic E-state index is 12.7. The Morgan fingerprint density at radius 1 is 1.20 bits per heavy atom. The van der Waals surface area contributed by atoms with E-state index in [1.54, 1.807) is 29.0 Å². The smallest absolute Gasteiger partial charge is 0.270 e. The Labute approximate surface area is 160 Å². The average molecular weight is 392 g/mol. The minimum atomic E-state index is -0.287. The van der Waals surface area contributed by atoms with Gasteiger partial charge in [0.2, 0.25) is 0 Å². The fraction of sp³-hybridized carbons (Fsp3) is 0.111. The van der Waals surface area contributed by atoms with Gasteiger partial charge in [0.25, 0.3) is 5.91 Å². The third kappa shape index (κ3) is 3.79. The lowest BCUT2D eigenvalue weighted by molar-refractivity contribution is 0.0933. The molecule has 1 heterocycles. The minimum Gasteiger partial charge on any atom is -0.344 e. The largest absolute Gasteiger partial charge is 0.344 e. The second-order valence-corrected chi connectivity index (χ2v) is 6.74. The molecule has 1 aromatic heterocycles. The summed E-state index contributed by atoms with van der Waals surface area (Å²) < 4.78 is 2.15. The molecular formula is C18H15Cl2N3OS. The Kier molecular flexibility index (Phi) is 5.27. The summed E-state index contributed by atoms with van der Waals surface area (Å²) in [7, 11) is 0. The lowest BCUT2D eigenvalue weighted by Crippen LogP contribution is -2.28. The second-order valence-electron chi connectivity index (χ2n) is 5.51. The van der Waals surface area contributed by atoms with E-state index in [1.807, 2.05) is 37.3 Å². The van der Waals surface area contributed by atoms with Gasteiger partial charge in [-0.25, -0.2) is 0 Å². The number of hydrogen-bond acceptors (Lipinski definition) is 2. The van der Waals surface area contributed by atoms with Gasteiger partial charge in [0.15, 0.2) is 4.77 Å². The molecule has 2 aromatic carbocycles. The molecule has 0 saturated heterocycles. The zero-order chi connectivity index (χ0) is 18.0. The van der Waals surface area contributed by atoms with Crippen LogP contribution in [0.4, 0.5) is 0 Å². The molecule has 4 nitrogen and oxygen atoms in total. The molecule has 0 fully saturated rings. The van der Waals surface area contributed by atoms with Crippen LogP contribution in [0.1, 0.15) is 29.0 Å². The number of amides is 1. The normalized spacial score (nSPS) is 12.0. The highest BCUT2D eigenvalue weighted by atomic mass is 35.5. The molecule has 0 aliphatic carbocycles. The fourth-order valence-corrected chi connectivity index (χ4v) is 3.40. The summed E-state index contributed by atoms with van der Waals surface area (Å²) >= 11 is 17.5. The molecule has 0 radical (unpaired) electrons. The van der Waals surface area contributed by atoms with Gasteiger partial charge in [-0.1, -0.05) is 47.5 Å². The average Bonchev–Trinajstić information content (AvgIpc) is 2.97. The van der Waals surface area contributed by atoms with Crippen LogP contribution in [0.25, 0.3) is 5.69 Å². The van der Waals surface area contributed by atoms with Crippen LogP contribution < -0.4 is 5.32 Å². The Bertz CT molecular complexity index is 966. The molecule has 3 aromatic rings. The summed E-state index contributed by atoms with van der Waals surface area (Å²) in [5.41, 5.74) is 2.03. The zero-order valence-corrected chi connectivity index (χ0v) is 15.6. The molecule has 3 rings (SSSR count). The van der Waals surface area contributed by atoms with Crippen LogP contribution in [-0.4, -0.2) is 15.5 Å². The number of carbonyl (C=O) groups is 1. The Hall–Kier alpha value is -2.08. The summed E-state index contributed by atoms with van der Waals surface area (Å²) in [6.45, 7) is 1.86. The number of halogens is 2. The second kappa shape index (κ2) is 7.44. The van der Waals surface area contributed by atoms with E-state index in [1.165, 1.54) is 0 Å². The molecule has 1 amide bonds. The topological polar surface area (TPSA) is 49.8 Å². The predicted octanol–water partition coefficient (Wildman–Crippen LogP) is 5.33. The molecule has 0 bridgehead atoms. The van der Waals surface area contributed by atoms with E-state index < -0.39 is 0 Å². The van der Waals surface area contributed by atoms with E-state index in [0.717, 1.165) is 11.3 Å². The van der Waals surface area contributed by atoms with Crippen LogP contribution in [0.5, 0.6) is 0 Å². The van der Waals surface area contributed by atoms with Gasteiger partial charge in [-0.15, -0.1) is 0 Å². The quantitative estimate of drug-likeness (QED) is 0.590. The van der Waals surface area contributed by atoms with Crippen LogP contribution in [0.3, 0.4) is 0 Å². The maximum atomic E-state index is 12.7. The molecule has 2 N–H and O–H groups in total. The SMILES string of the molecule is CC(NC(=O)c1c[nH]c(=S)n1-c1ccccc1)c1ccc(Cl)cc1Cl. The minimum absolute atomic E-state index is 0.255. The van der Waals surface area contributed by atoms with Gasteiger partial charge in [-0.2, -0.15) is 0 Å². The van der Waals surface area contributed by atoms with Crippen LogP contribution >= 0.6 is 35.4 Å². The molecule has 25 heavy (non-hydrogen) atoms. The first-order valence-electron chi connectivity index (χ1n) is 7.59. The van der Waals surface area contributed by atoms with Gasteiger partial charge >= 0.3 is 0 Å². The van der Waals surface area contributed by atoms with Crippen molar-refractivity contribution < 1.29 is 4.79 Å². The van der Waals surface area contributed by atoms with Gasteiger partial charge in [-0.05, 0) is 49.0 Å². The number of aromatic nitrogens is 2. The molecule has 1 atom stereocenters. The molecule has 128 valence electrons. The predicted molar refractivity (Wildman–Crippen MR) is 103 cm³/mol. The van der Waals surface area contributed by atoms with Gasteiger partial charge < -0.3 is 10.3 Å². The first-order valence-corrected chi connectivity index (χ1v) is 8.75. The summed E-state index contributed by atoms with van der Waals surface area (Å²) in [5.74, 6) is -0.255. The molecule has 7 heteroatoms. The number of nitrogens with one attached hydrogen (secondary N) is 2. The zero-order valence-electron chi connectivity index (χ0n) is 13.3.